The van der Waals surface area contributed by atoms with Crippen molar-refractivity contribution >= 4 is 23.8 Å². The Morgan fingerprint density at radius 1 is 1.36 bits per heavy atom. The van der Waals surface area contributed by atoms with Crippen LogP contribution in [0.5, 0.6) is 0 Å². The molecule has 0 spiro atoms. The van der Waals surface area contributed by atoms with E-state index in [0.29, 0.717) is 0 Å². The first-order valence-corrected chi connectivity index (χ1v) is 3.43. The van der Waals surface area contributed by atoms with E-state index in [0.717, 1.165) is 6.07 Å². The van der Waals surface area contributed by atoms with Crippen LogP contribution in [0, 0.1) is 0 Å². The quantitative estimate of drug-likeness (QED) is 0.454. The van der Waals surface area contributed by atoms with E-state index in [1.807, 2.05) is 0 Å². The van der Waals surface area contributed by atoms with Crippen LogP contribution in [0.4, 0.5) is 16.6 Å². The predicted molar refractivity (Wildman–Crippen MR) is 46.3 cm³/mol. The summed E-state index contributed by atoms with van der Waals surface area (Å²) in [7, 11) is 0. The molecule has 0 unspecified atom stereocenters. The molecule has 0 saturated carbocycles. The van der Waals surface area contributed by atoms with Gasteiger partial charge < -0.3 is 16.6 Å². The SMILES string of the molecule is Nc1cc(C(=O)NC(=O)O)nc(N)n1. The first kappa shape index (κ1) is 9.71. The number of aromatic nitrogens is 2. The molecule has 0 atom stereocenters. The molecule has 74 valence electrons. The second-order valence-corrected chi connectivity index (χ2v) is 2.30. The van der Waals surface area contributed by atoms with Gasteiger partial charge in [-0.25, -0.2) is 9.78 Å². The first-order valence-electron chi connectivity index (χ1n) is 3.43. The van der Waals surface area contributed by atoms with Crippen LogP contribution in [0.15, 0.2) is 6.07 Å². The lowest BCUT2D eigenvalue weighted by molar-refractivity contribution is 0.0943. The number of nitrogens with zero attached hydrogens (tertiary/aromatic N) is 2. The Bertz CT molecular complexity index is 371. The Balaban J connectivity index is 2.95. The Morgan fingerprint density at radius 2 is 2.00 bits per heavy atom. The summed E-state index contributed by atoms with van der Waals surface area (Å²) in [6.07, 6.45) is -1.48. The third-order valence-electron chi connectivity index (χ3n) is 1.22. The maximum absolute atomic E-state index is 11.1. The van der Waals surface area contributed by atoms with Crippen LogP contribution in [0.25, 0.3) is 0 Å². The summed E-state index contributed by atoms with van der Waals surface area (Å²) >= 11 is 0. The molecule has 8 nitrogen and oxygen atoms in total. The Kier molecular flexibility index (Phi) is 2.47. The second kappa shape index (κ2) is 3.56. The summed E-state index contributed by atoms with van der Waals surface area (Å²) < 4.78 is 0. The van der Waals surface area contributed by atoms with Crippen molar-refractivity contribution in [3.8, 4) is 0 Å². The van der Waals surface area contributed by atoms with E-state index in [1.165, 1.54) is 0 Å². The maximum Gasteiger partial charge on any atom is 0.411 e. The fraction of sp³-hybridized carbons (Fsp3) is 0. The molecule has 0 aromatic carbocycles. The number of imide groups is 1. The highest BCUT2D eigenvalue weighted by Gasteiger charge is 2.11. The summed E-state index contributed by atoms with van der Waals surface area (Å²) in [4.78, 5) is 28.2. The molecule has 1 rings (SSSR count). The van der Waals surface area contributed by atoms with Crippen molar-refractivity contribution in [2.45, 2.75) is 0 Å². The lowest BCUT2D eigenvalue weighted by Crippen LogP contribution is -2.29. The summed E-state index contributed by atoms with van der Waals surface area (Å²) in [6, 6.07) is 1.12. The highest BCUT2D eigenvalue weighted by molar-refractivity contribution is 6.01. The molecule has 0 saturated heterocycles. The van der Waals surface area contributed by atoms with Crippen LogP contribution in [-0.2, 0) is 0 Å². The Hall–Kier alpha value is -2.38. The molecule has 0 radical (unpaired) electrons. The maximum atomic E-state index is 11.1. The van der Waals surface area contributed by atoms with Gasteiger partial charge in [-0.15, -0.1) is 0 Å². The highest BCUT2D eigenvalue weighted by atomic mass is 16.4. The minimum Gasteiger partial charge on any atom is -0.465 e. The molecule has 0 aliphatic carbocycles. The van der Waals surface area contributed by atoms with E-state index in [4.69, 9.17) is 16.6 Å². The largest absolute Gasteiger partial charge is 0.465 e. The molecule has 0 fully saturated rings. The van der Waals surface area contributed by atoms with Crippen molar-refractivity contribution < 1.29 is 14.7 Å². The van der Waals surface area contributed by atoms with Gasteiger partial charge in [-0.05, 0) is 0 Å². The van der Waals surface area contributed by atoms with Gasteiger partial charge in [0.05, 0.1) is 0 Å². The number of hydrogen-bond donors (Lipinski definition) is 4. The fourth-order valence-electron chi connectivity index (χ4n) is 0.763. The fourth-order valence-corrected chi connectivity index (χ4v) is 0.763. The number of hydrogen-bond acceptors (Lipinski definition) is 6. The summed E-state index contributed by atoms with van der Waals surface area (Å²) in [5.74, 6) is -1.10. The molecule has 0 aliphatic heterocycles. The van der Waals surface area contributed by atoms with E-state index < -0.39 is 12.0 Å². The van der Waals surface area contributed by atoms with E-state index in [1.54, 1.807) is 5.32 Å². The summed E-state index contributed by atoms with van der Waals surface area (Å²) in [6.45, 7) is 0. The van der Waals surface area contributed by atoms with Crippen LogP contribution < -0.4 is 16.8 Å². The van der Waals surface area contributed by atoms with E-state index in [2.05, 4.69) is 9.97 Å². The zero-order valence-corrected chi connectivity index (χ0v) is 6.89. The monoisotopic (exact) mass is 197 g/mol. The van der Waals surface area contributed by atoms with E-state index >= 15 is 0 Å². The first-order chi connectivity index (χ1) is 6.49. The van der Waals surface area contributed by atoms with Crippen molar-refractivity contribution in [3.05, 3.63) is 11.8 Å². The van der Waals surface area contributed by atoms with E-state index in [9.17, 15) is 9.59 Å². The Morgan fingerprint density at radius 3 is 2.50 bits per heavy atom. The van der Waals surface area contributed by atoms with E-state index in [-0.39, 0.29) is 17.5 Å². The zero-order chi connectivity index (χ0) is 10.7. The average molecular weight is 197 g/mol. The van der Waals surface area contributed by atoms with Gasteiger partial charge in [0.25, 0.3) is 5.91 Å². The molecule has 8 heteroatoms. The van der Waals surface area contributed by atoms with Gasteiger partial charge in [-0.3, -0.25) is 10.1 Å². The lowest BCUT2D eigenvalue weighted by atomic mass is 10.3. The van der Waals surface area contributed by atoms with Crippen LogP contribution in [-0.4, -0.2) is 27.1 Å². The molecule has 2 amide bonds. The smallest absolute Gasteiger partial charge is 0.411 e. The number of amides is 2. The van der Waals surface area contributed by atoms with Crippen molar-refractivity contribution in [1.29, 1.82) is 0 Å². The molecule has 14 heavy (non-hydrogen) atoms. The molecular weight excluding hydrogens is 190 g/mol. The van der Waals surface area contributed by atoms with Gasteiger partial charge in [0.2, 0.25) is 5.95 Å². The molecule has 6 N–H and O–H groups in total. The van der Waals surface area contributed by atoms with Gasteiger partial charge in [0.15, 0.2) is 0 Å². The number of carboxylic acid groups (broad SMARTS) is 1. The van der Waals surface area contributed by atoms with Gasteiger partial charge in [0, 0.05) is 6.07 Å². The normalized spacial score (nSPS) is 9.43. The Labute approximate surface area is 77.9 Å². The summed E-state index contributed by atoms with van der Waals surface area (Å²) in [5.41, 5.74) is 10.3. The number of nitrogen functional groups attached to an aromatic ring is 2. The third kappa shape index (κ3) is 2.30. The van der Waals surface area contributed by atoms with Crippen LogP contribution in [0.1, 0.15) is 10.5 Å². The number of carbonyl (C=O) groups excluding carboxylic acids is 1. The van der Waals surface area contributed by atoms with Gasteiger partial charge in [-0.1, -0.05) is 0 Å². The molecule has 0 aliphatic rings. The molecule has 1 aromatic rings. The highest BCUT2D eigenvalue weighted by Crippen LogP contribution is 2.03. The van der Waals surface area contributed by atoms with Gasteiger partial charge >= 0.3 is 6.09 Å². The number of carbonyl (C=O) groups is 2. The van der Waals surface area contributed by atoms with Crippen molar-refractivity contribution in [2.24, 2.45) is 0 Å². The summed E-state index contributed by atoms with van der Waals surface area (Å²) in [5, 5.41) is 9.84. The molecular formula is C6H7N5O3. The average Bonchev–Trinajstić information content (AvgIpc) is 2.00. The standard InChI is InChI=1S/C6H7N5O3/c7-3-1-2(9-5(8)10-3)4(12)11-6(13)14/h1H,(H,11,12)(H,13,14)(H4,7,8,9,10). The van der Waals surface area contributed by atoms with Crippen LogP contribution in [0.2, 0.25) is 0 Å². The van der Waals surface area contributed by atoms with Crippen molar-refractivity contribution in [3.63, 3.8) is 0 Å². The zero-order valence-electron chi connectivity index (χ0n) is 6.89. The number of nitrogens with two attached hydrogens (primary N) is 2. The van der Waals surface area contributed by atoms with Crippen LogP contribution in [0.3, 0.4) is 0 Å². The van der Waals surface area contributed by atoms with Gasteiger partial charge in [-0.2, -0.15) is 4.98 Å². The minimum absolute atomic E-state index is 0.00645. The lowest BCUT2D eigenvalue weighted by Gasteiger charge is -2.01. The molecule has 1 heterocycles. The molecule has 0 bridgehead atoms. The number of rotatable bonds is 1. The minimum atomic E-state index is -1.48. The van der Waals surface area contributed by atoms with Gasteiger partial charge in [0.1, 0.15) is 11.5 Å². The number of anilines is 2. The number of nitrogens with one attached hydrogen (secondary N) is 1. The van der Waals surface area contributed by atoms with Crippen molar-refractivity contribution in [2.75, 3.05) is 11.5 Å². The topological polar surface area (TPSA) is 144 Å². The second-order valence-electron chi connectivity index (χ2n) is 2.30. The predicted octanol–water partition coefficient (Wildman–Crippen LogP) is -0.951. The molecule has 1 aromatic heterocycles. The van der Waals surface area contributed by atoms with Crippen LogP contribution >= 0.6 is 0 Å². The van der Waals surface area contributed by atoms with Crippen molar-refractivity contribution in [1.82, 2.24) is 15.3 Å². The third-order valence-corrected chi connectivity index (χ3v) is 1.22.